The first-order chi connectivity index (χ1) is 11.7. The van der Waals surface area contributed by atoms with Crippen LogP contribution in [0.4, 0.5) is 5.69 Å². The Hall–Kier alpha value is -2.17. The van der Waals surface area contributed by atoms with E-state index in [0.29, 0.717) is 12.2 Å². The maximum absolute atomic E-state index is 12.5. The summed E-state index contributed by atoms with van der Waals surface area (Å²) in [5, 5.41) is 15.9. The molecule has 24 heavy (non-hydrogen) atoms. The van der Waals surface area contributed by atoms with Crippen LogP contribution in [-0.2, 0) is 6.42 Å². The second-order valence-corrected chi connectivity index (χ2v) is 6.02. The topological polar surface area (TPSA) is 66.9 Å². The van der Waals surface area contributed by atoms with Gasteiger partial charge >= 0.3 is 0 Å². The van der Waals surface area contributed by atoms with E-state index in [-0.39, 0.29) is 5.91 Å². The number of carbonyl (C=O) groups is 1. The summed E-state index contributed by atoms with van der Waals surface area (Å²) in [4.78, 5) is 12.5. The maximum atomic E-state index is 12.5. The van der Waals surface area contributed by atoms with Crippen molar-refractivity contribution in [2.45, 2.75) is 52.9 Å². The summed E-state index contributed by atoms with van der Waals surface area (Å²) in [6, 6.07) is 6.15. The smallest absolute Gasteiger partial charge is 0.273 e. The SMILES string of the molecule is CCCCNc1c(C(=O)NCCC)nnc2c(CCC)cccc12. The minimum Gasteiger partial charge on any atom is -0.383 e. The highest BCUT2D eigenvalue weighted by molar-refractivity contribution is 6.05. The zero-order chi connectivity index (χ0) is 17.4. The fraction of sp³-hybridized carbons (Fsp3) is 0.526. The molecule has 2 rings (SSSR count). The van der Waals surface area contributed by atoms with E-state index in [0.717, 1.165) is 55.2 Å². The molecule has 130 valence electrons. The summed E-state index contributed by atoms with van der Waals surface area (Å²) in [6.07, 6.45) is 5.06. The molecule has 5 nitrogen and oxygen atoms in total. The third kappa shape index (κ3) is 4.22. The number of unbranched alkanes of at least 4 members (excludes halogenated alkanes) is 1. The quantitative estimate of drug-likeness (QED) is 0.684. The second kappa shape index (κ2) is 9.21. The number of nitrogens with one attached hydrogen (secondary N) is 2. The molecule has 0 aliphatic carbocycles. The van der Waals surface area contributed by atoms with Gasteiger partial charge in [-0.3, -0.25) is 4.79 Å². The average molecular weight is 328 g/mol. The molecule has 1 amide bonds. The van der Waals surface area contributed by atoms with E-state index in [1.807, 2.05) is 19.1 Å². The molecule has 1 heterocycles. The van der Waals surface area contributed by atoms with E-state index in [4.69, 9.17) is 0 Å². The molecule has 1 aromatic heterocycles. The fourth-order valence-corrected chi connectivity index (χ4v) is 2.71. The van der Waals surface area contributed by atoms with Crippen LogP contribution in [0, 0.1) is 0 Å². The number of aromatic nitrogens is 2. The van der Waals surface area contributed by atoms with Crippen molar-refractivity contribution in [2.24, 2.45) is 0 Å². The highest BCUT2D eigenvalue weighted by atomic mass is 16.1. The minimum absolute atomic E-state index is 0.161. The third-order valence-electron chi connectivity index (χ3n) is 3.98. The molecule has 0 aliphatic heterocycles. The van der Waals surface area contributed by atoms with Crippen molar-refractivity contribution in [2.75, 3.05) is 18.4 Å². The van der Waals surface area contributed by atoms with Crippen molar-refractivity contribution in [3.63, 3.8) is 0 Å². The van der Waals surface area contributed by atoms with Crippen molar-refractivity contribution >= 4 is 22.5 Å². The van der Waals surface area contributed by atoms with Gasteiger partial charge in [0.1, 0.15) is 0 Å². The van der Waals surface area contributed by atoms with Crippen LogP contribution in [0.3, 0.4) is 0 Å². The Morgan fingerprint density at radius 3 is 2.58 bits per heavy atom. The molecule has 5 heteroatoms. The van der Waals surface area contributed by atoms with Gasteiger partial charge in [0.2, 0.25) is 0 Å². The van der Waals surface area contributed by atoms with Gasteiger partial charge in [-0.25, -0.2) is 0 Å². The molecule has 0 unspecified atom stereocenters. The van der Waals surface area contributed by atoms with Crippen LogP contribution in [0.15, 0.2) is 18.2 Å². The van der Waals surface area contributed by atoms with E-state index in [1.165, 1.54) is 5.56 Å². The summed E-state index contributed by atoms with van der Waals surface area (Å²) < 4.78 is 0. The van der Waals surface area contributed by atoms with Crippen molar-refractivity contribution in [1.29, 1.82) is 0 Å². The minimum atomic E-state index is -0.161. The van der Waals surface area contributed by atoms with E-state index in [2.05, 4.69) is 40.7 Å². The maximum Gasteiger partial charge on any atom is 0.273 e. The predicted molar refractivity (Wildman–Crippen MR) is 99.6 cm³/mol. The lowest BCUT2D eigenvalue weighted by Gasteiger charge is -2.14. The van der Waals surface area contributed by atoms with E-state index in [1.54, 1.807) is 0 Å². The van der Waals surface area contributed by atoms with E-state index < -0.39 is 0 Å². The zero-order valence-electron chi connectivity index (χ0n) is 15.0. The van der Waals surface area contributed by atoms with Crippen LogP contribution >= 0.6 is 0 Å². The molecule has 0 saturated carbocycles. The molecular weight excluding hydrogens is 300 g/mol. The molecule has 0 spiro atoms. The highest BCUT2D eigenvalue weighted by Gasteiger charge is 2.18. The predicted octanol–water partition coefficient (Wildman–Crippen LogP) is 3.93. The Balaban J connectivity index is 2.48. The number of benzene rings is 1. The van der Waals surface area contributed by atoms with Gasteiger partial charge in [0.05, 0.1) is 11.2 Å². The molecule has 0 fully saturated rings. The Labute approximate surface area is 144 Å². The van der Waals surface area contributed by atoms with Crippen LogP contribution in [0.1, 0.15) is 62.5 Å². The van der Waals surface area contributed by atoms with Crippen LogP contribution in [-0.4, -0.2) is 29.2 Å². The van der Waals surface area contributed by atoms with Crippen LogP contribution < -0.4 is 10.6 Å². The van der Waals surface area contributed by atoms with Gasteiger partial charge in [-0.1, -0.05) is 51.8 Å². The number of amides is 1. The van der Waals surface area contributed by atoms with Gasteiger partial charge in [0.25, 0.3) is 5.91 Å². The number of hydrogen-bond acceptors (Lipinski definition) is 4. The van der Waals surface area contributed by atoms with Gasteiger partial charge < -0.3 is 10.6 Å². The molecule has 0 bridgehead atoms. The fourth-order valence-electron chi connectivity index (χ4n) is 2.71. The average Bonchev–Trinajstić information content (AvgIpc) is 2.60. The summed E-state index contributed by atoms with van der Waals surface area (Å²) in [7, 11) is 0. The number of fused-ring (bicyclic) bond motifs is 1. The number of nitrogens with zero attached hydrogens (tertiary/aromatic N) is 2. The monoisotopic (exact) mass is 328 g/mol. The van der Waals surface area contributed by atoms with E-state index >= 15 is 0 Å². The zero-order valence-corrected chi connectivity index (χ0v) is 15.0. The molecular formula is C19H28N4O. The Morgan fingerprint density at radius 1 is 1.04 bits per heavy atom. The molecule has 1 aromatic carbocycles. The molecule has 0 atom stereocenters. The summed E-state index contributed by atoms with van der Waals surface area (Å²) in [5.41, 5.74) is 3.27. The van der Waals surface area contributed by atoms with Crippen LogP contribution in [0.2, 0.25) is 0 Å². The van der Waals surface area contributed by atoms with Crippen molar-refractivity contribution in [3.05, 3.63) is 29.5 Å². The lowest BCUT2D eigenvalue weighted by molar-refractivity contribution is 0.0949. The summed E-state index contributed by atoms with van der Waals surface area (Å²) in [5.74, 6) is -0.161. The van der Waals surface area contributed by atoms with Gasteiger partial charge in [0, 0.05) is 18.5 Å². The second-order valence-electron chi connectivity index (χ2n) is 6.02. The summed E-state index contributed by atoms with van der Waals surface area (Å²) >= 11 is 0. The number of anilines is 1. The van der Waals surface area contributed by atoms with Gasteiger partial charge in [-0.2, -0.15) is 0 Å². The van der Waals surface area contributed by atoms with Crippen LogP contribution in [0.5, 0.6) is 0 Å². The normalized spacial score (nSPS) is 10.8. The van der Waals surface area contributed by atoms with Gasteiger partial charge in [0.15, 0.2) is 5.69 Å². The number of hydrogen-bond donors (Lipinski definition) is 2. The van der Waals surface area contributed by atoms with Crippen LogP contribution in [0.25, 0.3) is 10.9 Å². The standard InChI is InChI=1S/C19H28N4O/c1-4-7-13-20-17-15-11-8-10-14(9-5-2)16(15)22-23-18(17)19(24)21-12-6-3/h8,10-11H,4-7,9,12-13H2,1-3H3,(H,20,22)(H,21,24). The number of aryl methyl sites for hydroxylation is 1. The van der Waals surface area contributed by atoms with Crippen molar-refractivity contribution in [3.8, 4) is 0 Å². The van der Waals surface area contributed by atoms with Crippen molar-refractivity contribution in [1.82, 2.24) is 15.5 Å². The lowest BCUT2D eigenvalue weighted by atomic mass is 10.0. The van der Waals surface area contributed by atoms with Crippen molar-refractivity contribution < 1.29 is 4.79 Å². The Kier molecular flexibility index (Phi) is 6.97. The summed E-state index contributed by atoms with van der Waals surface area (Å²) in [6.45, 7) is 7.80. The molecule has 0 aliphatic rings. The Bertz CT molecular complexity index is 684. The lowest BCUT2D eigenvalue weighted by Crippen LogP contribution is -2.26. The first-order valence-corrected chi connectivity index (χ1v) is 9.03. The first-order valence-electron chi connectivity index (χ1n) is 9.03. The van der Waals surface area contributed by atoms with E-state index in [9.17, 15) is 4.79 Å². The number of rotatable bonds is 9. The molecule has 0 saturated heterocycles. The van der Waals surface area contributed by atoms with Gasteiger partial charge in [-0.05, 0) is 24.8 Å². The highest BCUT2D eigenvalue weighted by Crippen LogP contribution is 2.27. The third-order valence-corrected chi connectivity index (χ3v) is 3.98. The Morgan fingerprint density at radius 2 is 1.88 bits per heavy atom. The largest absolute Gasteiger partial charge is 0.383 e. The molecule has 0 radical (unpaired) electrons. The van der Waals surface area contributed by atoms with Gasteiger partial charge in [-0.15, -0.1) is 10.2 Å². The molecule has 2 N–H and O–H groups in total. The molecule has 2 aromatic rings. The number of carbonyl (C=O) groups excluding carboxylic acids is 1. The first kappa shape index (κ1) is 18.2.